The molecule has 0 aliphatic heterocycles. The fraction of sp³-hybridized carbons (Fsp3) is 0.273. The average Bonchev–Trinajstić information content (AvgIpc) is 2.25. The summed E-state index contributed by atoms with van der Waals surface area (Å²) in [4.78, 5) is 11.2. The summed E-state index contributed by atoms with van der Waals surface area (Å²) in [6, 6.07) is 4.17. The third kappa shape index (κ3) is 3.67. The highest BCUT2D eigenvalue weighted by molar-refractivity contribution is 7.80. The molecule has 0 bridgehead atoms. The summed E-state index contributed by atoms with van der Waals surface area (Å²) in [6.07, 6.45) is 0.0496. The molecule has 3 N–H and O–H groups in total. The molecule has 0 atom stereocenters. The SMILES string of the molecule is CCCOC(=O)Nc1cccc(F)c1C(N)=S. The molecule has 1 amide bonds. The number of ether oxygens (including phenoxy) is 1. The van der Waals surface area contributed by atoms with Crippen LogP contribution in [0.5, 0.6) is 0 Å². The summed E-state index contributed by atoms with van der Waals surface area (Å²) >= 11 is 4.72. The smallest absolute Gasteiger partial charge is 0.411 e. The molecular formula is C11H13FN2O2S. The van der Waals surface area contributed by atoms with Crippen molar-refractivity contribution in [3.63, 3.8) is 0 Å². The molecule has 0 aromatic heterocycles. The summed E-state index contributed by atoms with van der Waals surface area (Å²) < 4.78 is 18.3. The predicted molar refractivity (Wildman–Crippen MR) is 67.5 cm³/mol. The summed E-state index contributed by atoms with van der Waals surface area (Å²) in [5.41, 5.74) is 5.61. The highest BCUT2D eigenvalue weighted by Gasteiger charge is 2.13. The van der Waals surface area contributed by atoms with Gasteiger partial charge < -0.3 is 10.5 Å². The van der Waals surface area contributed by atoms with E-state index in [1.54, 1.807) is 0 Å². The van der Waals surface area contributed by atoms with E-state index in [1.165, 1.54) is 18.2 Å². The van der Waals surface area contributed by atoms with Crippen LogP contribution in [0.1, 0.15) is 18.9 Å². The van der Waals surface area contributed by atoms with Crippen molar-refractivity contribution in [3.05, 3.63) is 29.6 Å². The standard InChI is InChI=1S/C11H13FN2O2S/c1-2-6-16-11(15)14-8-5-3-4-7(12)9(8)10(13)17/h3-5H,2,6H2,1H3,(H2,13,17)(H,14,15). The van der Waals surface area contributed by atoms with Crippen molar-refractivity contribution >= 4 is 29.0 Å². The van der Waals surface area contributed by atoms with Gasteiger partial charge in [-0.05, 0) is 18.6 Å². The van der Waals surface area contributed by atoms with Gasteiger partial charge in [-0.1, -0.05) is 25.2 Å². The zero-order valence-corrected chi connectivity index (χ0v) is 10.1. The third-order valence-corrected chi connectivity index (χ3v) is 2.14. The summed E-state index contributed by atoms with van der Waals surface area (Å²) in [7, 11) is 0. The van der Waals surface area contributed by atoms with E-state index in [4.69, 9.17) is 22.7 Å². The minimum Gasteiger partial charge on any atom is -0.449 e. The van der Waals surface area contributed by atoms with Crippen molar-refractivity contribution in [1.82, 2.24) is 0 Å². The Labute approximate surface area is 104 Å². The van der Waals surface area contributed by atoms with Crippen LogP contribution in [0.15, 0.2) is 18.2 Å². The second kappa shape index (κ2) is 6.15. The molecule has 6 heteroatoms. The van der Waals surface area contributed by atoms with E-state index in [0.29, 0.717) is 13.0 Å². The number of hydrogen-bond acceptors (Lipinski definition) is 3. The fourth-order valence-electron chi connectivity index (χ4n) is 1.22. The lowest BCUT2D eigenvalue weighted by Gasteiger charge is -2.10. The van der Waals surface area contributed by atoms with Gasteiger partial charge in [0.25, 0.3) is 0 Å². The van der Waals surface area contributed by atoms with Gasteiger partial charge in [0.05, 0.1) is 17.9 Å². The Hall–Kier alpha value is -1.69. The highest BCUT2D eigenvalue weighted by atomic mass is 32.1. The number of thiocarbonyl (C=S) groups is 1. The molecular weight excluding hydrogens is 243 g/mol. The Bertz CT molecular complexity index is 437. The van der Waals surface area contributed by atoms with Gasteiger partial charge in [0.15, 0.2) is 0 Å². The molecule has 92 valence electrons. The van der Waals surface area contributed by atoms with Crippen LogP contribution >= 0.6 is 12.2 Å². The van der Waals surface area contributed by atoms with E-state index < -0.39 is 11.9 Å². The predicted octanol–water partition coefficient (Wildman–Crippen LogP) is 2.42. The number of anilines is 1. The maximum Gasteiger partial charge on any atom is 0.411 e. The number of halogens is 1. The molecule has 0 saturated carbocycles. The minimum absolute atomic E-state index is 0.0101. The van der Waals surface area contributed by atoms with Gasteiger partial charge in [-0.2, -0.15) is 0 Å². The molecule has 0 aliphatic carbocycles. The lowest BCUT2D eigenvalue weighted by molar-refractivity contribution is 0.161. The van der Waals surface area contributed by atoms with Crippen LogP contribution in [0.3, 0.4) is 0 Å². The molecule has 0 unspecified atom stereocenters. The van der Waals surface area contributed by atoms with Crippen LogP contribution in [-0.2, 0) is 4.74 Å². The first-order valence-corrected chi connectivity index (χ1v) is 5.49. The maximum atomic E-state index is 13.4. The van der Waals surface area contributed by atoms with Gasteiger partial charge in [0.2, 0.25) is 0 Å². The van der Waals surface area contributed by atoms with Crippen LogP contribution < -0.4 is 11.1 Å². The van der Waals surface area contributed by atoms with Gasteiger partial charge in [-0.15, -0.1) is 0 Å². The number of benzene rings is 1. The lowest BCUT2D eigenvalue weighted by atomic mass is 10.1. The van der Waals surface area contributed by atoms with Crippen molar-refractivity contribution in [3.8, 4) is 0 Å². The zero-order chi connectivity index (χ0) is 12.8. The second-order valence-electron chi connectivity index (χ2n) is 3.29. The molecule has 1 rings (SSSR count). The monoisotopic (exact) mass is 256 g/mol. The summed E-state index contributed by atoms with van der Waals surface area (Å²) in [5.74, 6) is -0.578. The summed E-state index contributed by atoms with van der Waals surface area (Å²) in [5, 5.41) is 2.40. The maximum absolute atomic E-state index is 13.4. The van der Waals surface area contributed by atoms with Gasteiger partial charge >= 0.3 is 6.09 Å². The van der Waals surface area contributed by atoms with Crippen LogP contribution in [0, 0.1) is 5.82 Å². The van der Waals surface area contributed by atoms with E-state index in [0.717, 1.165) is 0 Å². The fourth-order valence-corrected chi connectivity index (χ4v) is 1.43. The van der Waals surface area contributed by atoms with Crippen LogP contribution in [0.2, 0.25) is 0 Å². The van der Waals surface area contributed by atoms with Gasteiger partial charge in [-0.25, -0.2) is 9.18 Å². The topological polar surface area (TPSA) is 64.3 Å². The van der Waals surface area contributed by atoms with Crippen molar-refractivity contribution in [2.24, 2.45) is 5.73 Å². The molecule has 0 spiro atoms. The molecule has 0 aliphatic rings. The van der Waals surface area contributed by atoms with Crippen molar-refractivity contribution in [1.29, 1.82) is 0 Å². The van der Waals surface area contributed by atoms with Crippen molar-refractivity contribution in [2.45, 2.75) is 13.3 Å². The molecule has 17 heavy (non-hydrogen) atoms. The molecule has 4 nitrogen and oxygen atoms in total. The highest BCUT2D eigenvalue weighted by Crippen LogP contribution is 2.19. The molecule has 0 radical (unpaired) electrons. The number of amides is 1. The van der Waals surface area contributed by atoms with E-state index in [2.05, 4.69) is 5.32 Å². The first kappa shape index (κ1) is 13.4. The van der Waals surface area contributed by atoms with Gasteiger partial charge in [-0.3, -0.25) is 5.32 Å². The van der Waals surface area contributed by atoms with Crippen molar-refractivity contribution < 1.29 is 13.9 Å². The van der Waals surface area contributed by atoms with Gasteiger partial charge in [0.1, 0.15) is 10.8 Å². The third-order valence-electron chi connectivity index (χ3n) is 1.93. The zero-order valence-electron chi connectivity index (χ0n) is 9.33. The quantitative estimate of drug-likeness (QED) is 0.812. The van der Waals surface area contributed by atoms with Gasteiger partial charge in [0, 0.05) is 0 Å². The number of hydrogen-bond donors (Lipinski definition) is 2. The molecule has 0 fully saturated rings. The minimum atomic E-state index is -0.657. The van der Waals surface area contributed by atoms with Crippen LogP contribution in [-0.4, -0.2) is 17.7 Å². The van der Waals surface area contributed by atoms with E-state index in [9.17, 15) is 9.18 Å². The average molecular weight is 256 g/mol. The largest absolute Gasteiger partial charge is 0.449 e. The number of carbonyl (C=O) groups is 1. The van der Waals surface area contributed by atoms with Crippen LogP contribution in [0.25, 0.3) is 0 Å². The Morgan fingerprint density at radius 1 is 1.59 bits per heavy atom. The Kier molecular flexibility index (Phi) is 4.84. The molecule has 1 aromatic rings. The first-order chi connectivity index (χ1) is 8.06. The number of carbonyl (C=O) groups excluding carboxylic acids is 1. The Morgan fingerprint density at radius 3 is 2.88 bits per heavy atom. The van der Waals surface area contributed by atoms with E-state index >= 15 is 0 Å². The summed E-state index contributed by atoms with van der Waals surface area (Å²) in [6.45, 7) is 2.17. The molecule has 0 saturated heterocycles. The molecule has 1 aromatic carbocycles. The van der Waals surface area contributed by atoms with Crippen LogP contribution in [0.4, 0.5) is 14.9 Å². The van der Waals surface area contributed by atoms with E-state index in [1.807, 2.05) is 6.92 Å². The number of rotatable bonds is 4. The van der Waals surface area contributed by atoms with Crippen molar-refractivity contribution in [2.75, 3.05) is 11.9 Å². The number of nitrogens with two attached hydrogens (primary N) is 1. The second-order valence-corrected chi connectivity index (χ2v) is 3.73. The molecule has 0 heterocycles. The van der Waals surface area contributed by atoms with E-state index in [-0.39, 0.29) is 16.2 Å². The number of nitrogens with one attached hydrogen (secondary N) is 1. The first-order valence-electron chi connectivity index (χ1n) is 5.08. The lowest BCUT2D eigenvalue weighted by Crippen LogP contribution is -2.19. The Morgan fingerprint density at radius 2 is 2.29 bits per heavy atom. The Balaban J connectivity index is 2.87. The normalized spacial score (nSPS) is 9.76.